The summed E-state index contributed by atoms with van der Waals surface area (Å²) >= 11 is 0. The zero-order chi connectivity index (χ0) is 26.8. The number of hydrogen-bond donors (Lipinski definition) is 1. The molecule has 0 amide bonds. The summed E-state index contributed by atoms with van der Waals surface area (Å²) in [7, 11) is -2.76. The Hall–Kier alpha value is -2.48. The van der Waals surface area contributed by atoms with Crippen LogP contribution in [0.1, 0.15) is 66.9 Å². The lowest BCUT2D eigenvalue weighted by atomic mass is 9.86. The molecule has 194 valence electrons. The molecule has 9 nitrogen and oxygen atoms in total. The van der Waals surface area contributed by atoms with Crippen molar-refractivity contribution in [1.82, 2.24) is 5.32 Å². The van der Waals surface area contributed by atoms with E-state index < -0.39 is 24.4 Å². The third kappa shape index (κ3) is 7.26. The van der Waals surface area contributed by atoms with Gasteiger partial charge in [-0.25, -0.2) is 4.79 Å². The molecule has 1 N–H and O–H groups in total. The molecule has 0 bridgehead atoms. The van der Waals surface area contributed by atoms with E-state index in [-0.39, 0.29) is 40.6 Å². The maximum atomic E-state index is 14.6. The van der Waals surface area contributed by atoms with Crippen molar-refractivity contribution >= 4 is 19.3 Å². The molecule has 0 spiro atoms. The second-order valence-corrected chi connectivity index (χ2v) is 13.1. The maximum Gasteiger partial charge on any atom is 0.360 e. The summed E-state index contributed by atoms with van der Waals surface area (Å²) in [4.78, 5) is 23.9. The van der Waals surface area contributed by atoms with Gasteiger partial charge in [0.15, 0.2) is 0 Å². The van der Waals surface area contributed by atoms with E-state index in [2.05, 4.69) is 5.32 Å². The number of nitro groups is 1. The van der Waals surface area contributed by atoms with Crippen molar-refractivity contribution in [3.05, 3.63) is 62.2 Å². The Morgan fingerprint density at radius 1 is 1.06 bits per heavy atom. The van der Waals surface area contributed by atoms with E-state index in [1.165, 1.54) is 25.3 Å². The van der Waals surface area contributed by atoms with E-state index in [0.717, 1.165) is 0 Å². The summed E-state index contributed by atoms with van der Waals surface area (Å²) in [5.74, 6) is -1.58. The molecule has 1 atom stereocenters. The Kier molecular flexibility index (Phi) is 8.74. The Labute approximate surface area is 207 Å². The minimum absolute atomic E-state index is 0.128. The molecular weight excluding hydrogens is 471 g/mol. The van der Waals surface area contributed by atoms with Gasteiger partial charge in [0.05, 0.1) is 42.1 Å². The molecule has 0 aliphatic carbocycles. The SMILES string of the molecule is COC(=O)C1=C(C)NC(C)=C(P(=O)(OCC(C)(C)C)OCC(C)(C)C)C1c1cccc([N+](=O)[O-])c1. The fraction of sp³-hybridized carbons (Fsp3) is 0.560. The van der Waals surface area contributed by atoms with Crippen LogP contribution >= 0.6 is 7.60 Å². The number of rotatable bonds is 8. The van der Waals surface area contributed by atoms with Crippen LogP contribution in [0, 0.1) is 20.9 Å². The highest BCUT2D eigenvalue weighted by atomic mass is 31.2. The van der Waals surface area contributed by atoms with Gasteiger partial charge in [-0.1, -0.05) is 53.7 Å². The van der Waals surface area contributed by atoms with E-state index in [1.807, 2.05) is 41.5 Å². The lowest BCUT2D eigenvalue weighted by Crippen LogP contribution is -2.30. The van der Waals surface area contributed by atoms with E-state index in [9.17, 15) is 19.5 Å². The van der Waals surface area contributed by atoms with Gasteiger partial charge < -0.3 is 19.1 Å². The molecule has 10 heteroatoms. The topological polar surface area (TPSA) is 117 Å². The number of methoxy groups -OCH3 is 1. The summed E-state index contributed by atoms with van der Waals surface area (Å²) in [6, 6.07) is 5.92. The number of dihydropyridines is 1. The van der Waals surface area contributed by atoms with Crippen molar-refractivity contribution in [2.75, 3.05) is 20.3 Å². The van der Waals surface area contributed by atoms with Crippen molar-refractivity contribution in [3.8, 4) is 0 Å². The van der Waals surface area contributed by atoms with Gasteiger partial charge >= 0.3 is 13.6 Å². The Balaban J connectivity index is 2.80. The third-order valence-corrected chi connectivity index (χ3v) is 7.30. The van der Waals surface area contributed by atoms with Gasteiger partial charge in [-0.3, -0.25) is 14.7 Å². The predicted molar refractivity (Wildman–Crippen MR) is 135 cm³/mol. The molecule has 1 aliphatic heterocycles. The molecule has 2 rings (SSSR count). The van der Waals surface area contributed by atoms with Crippen LogP contribution in [0.3, 0.4) is 0 Å². The van der Waals surface area contributed by atoms with Gasteiger partial charge in [0, 0.05) is 23.5 Å². The van der Waals surface area contributed by atoms with Gasteiger partial charge in [-0.15, -0.1) is 0 Å². The molecule has 1 aromatic rings. The highest BCUT2D eigenvalue weighted by molar-refractivity contribution is 7.58. The van der Waals surface area contributed by atoms with Gasteiger partial charge in [0.2, 0.25) is 0 Å². The number of nitro benzene ring substituents is 1. The Morgan fingerprint density at radius 2 is 1.60 bits per heavy atom. The van der Waals surface area contributed by atoms with Crippen molar-refractivity contribution in [1.29, 1.82) is 0 Å². The number of non-ortho nitro benzene ring substituents is 1. The summed E-state index contributed by atoms with van der Waals surface area (Å²) in [6.45, 7) is 15.4. The molecular formula is C25H37N2O7P. The third-order valence-electron chi connectivity index (χ3n) is 5.18. The lowest BCUT2D eigenvalue weighted by molar-refractivity contribution is -0.384. The monoisotopic (exact) mass is 508 g/mol. The zero-order valence-electron chi connectivity index (χ0n) is 22.1. The van der Waals surface area contributed by atoms with Crippen LogP contribution in [0.2, 0.25) is 0 Å². The number of nitrogens with one attached hydrogen (secondary N) is 1. The number of benzene rings is 1. The first kappa shape index (κ1) is 28.8. The standard InChI is InChI=1S/C25H37N2O7P/c1-16-20(23(28)32-9)21(18-11-10-12-19(13-18)27(29)30)22(17(2)26-16)35(31,33-14-24(3,4)5)34-15-25(6,7)8/h10-13,21,26H,14-15H2,1-9H3. The first-order chi connectivity index (χ1) is 16.0. The minimum Gasteiger partial charge on any atom is -0.466 e. The molecule has 1 aliphatic rings. The van der Waals surface area contributed by atoms with Crippen molar-refractivity contribution < 1.29 is 28.1 Å². The number of allylic oxidation sites excluding steroid dienone is 3. The summed E-state index contributed by atoms with van der Waals surface area (Å²) in [5, 5.41) is 14.9. The van der Waals surface area contributed by atoms with Gasteiger partial charge in [-0.05, 0) is 30.2 Å². The Morgan fingerprint density at radius 3 is 2.06 bits per heavy atom. The molecule has 1 unspecified atom stereocenters. The van der Waals surface area contributed by atoms with Crippen LogP contribution in [-0.2, 0) is 23.1 Å². The molecule has 1 aromatic carbocycles. The van der Waals surface area contributed by atoms with E-state index in [4.69, 9.17) is 13.8 Å². The highest BCUT2D eigenvalue weighted by Gasteiger charge is 2.46. The van der Waals surface area contributed by atoms with Crippen LogP contribution in [0.5, 0.6) is 0 Å². The molecule has 0 aromatic heterocycles. The fourth-order valence-corrected chi connectivity index (χ4v) is 6.13. The fourth-order valence-electron chi connectivity index (χ4n) is 3.60. The predicted octanol–water partition coefficient (Wildman–Crippen LogP) is 6.28. The van der Waals surface area contributed by atoms with Crippen molar-refractivity contribution in [2.24, 2.45) is 10.8 Å². The van der Waals surface area contributed by atoms with Gasteiger partial charge in [-0.2, -0.15) is 0 Å². The highest BCUT2D eigenvalue weighted by Crippen LogP contribution is 2.65. The quantitative estimate of drug-likeness (QED) is 0.189. The second-order valence-electron chi connectivity index (χ2n) is 11.1. The van der Waals surface area contributed by atoms with Crippen LogP contribution in [0.25, 0.3) is 0 Å². The largest absolute Gasteiger partial charge is 0.466 e. The molecule has 35 heavy (non-hydrogen) atoms. The normalized spacial score (nSPS) is 17.3. The summed E-state index contributed by atoms with van der Waals surface area (Å²) in [5.41, 5.74) is 0.790. The van der Waals surface area contributed by atoms with Crippen LogP contribution in [0.15, 0.2) is 46.5 Å². The van der Waals surface area contributed by atoms with Crippen LogP contribution in [0.4, 0.5) is 5.69 Å². The number of hydrogen-bond acceptors (Lipinski definition) is 8. The first-order valence-electron chi connectivity index (χ1n) is 11.4. The van der Waals surface area contributed by atoms with E-state index >= 15 is 0 Å². The number of ether oxygens (including phenoxy) is 1. The average molecular weight is 509 g/mol. The molecule has 0 saturated carbocycles. The lowest BCUT2D eigenvalue weighted by Gasteiger charge is -2.36. The molecule has 0 saturated heterocycles. The van der Waals surface area contributed by atoms with Crippen LogP contribution in [-0.4, -0.2) is 31.2 Å². The zero-order valence-corrected chi connectivity index (χ0v) is 22.9. The summed E-state index contributed by atoms with van der Waals surface area (Å²) in [6.07, 6.45) is 0. The first-order valence-corrected chi connectivity index (χ1v) is 12.9. The molecule has 1 heterocycles. The van der Waals surface area contributed by atoms with Crippen LogP contribution < -0.4 is 5.32 Å². The number of carbonyl (C=O) groups excluding carboxylic acids is 1. The van der Waals surface area contributed by atoms with Crippen molar-refractivity contribution in [3.63, 3.8) is 0 Å². The van der Waals surface area contributed by atoms with Crippen molar-refractivity contribution in [2.45, 2.75) is 61.3 Å². The second kappa shape index (κ2) is 10.6. The number of nitrogens with zero attached hydrogens (tertiary/aromatic N) is 1. The minimum atomic E-state index is -4.01. The number of esters is 1. The van der Waals surface area contributed by atoms with Gasteiger partial charge in [0.25, 0.3) is 5.69 Å². The van der Waals surface area contributed by atoms with Gasteiger partial charge in [0.1, 0.15) is 0 Å². The summed E-state index contributed by atoms with van der Waals surface area (Å²) < 4.78 is 31.7. The van der Waals surface area contributed by atoms with E-state index in [1.54, 1.807) is 19.9 Å². The maximum absolute atomic E-state index is 14.6. The Bertz CT molecular complexity index is 1070. The van der Waals surface area contributed by atoms with E-state index in [0.29, 0.717) is 17.0 Å². The molecule has 0 radical (unpaired) electrons. The molecule has 0 fully saturated rings. The average Bonchev–Trinajstić information content (AvgIpc) is 2.74. The smallest absolute Gasteiger partial charge is 0.360 e. The number of carbonyl (C=O) groups is 1.